The van der Waals surface area contributed by atoms with Gasteiger partial charge in [0.25, 0.3) is 0 Å². The highest BCUT2D eigenvalue weighted by molar-refractivity contribution is 5.80. The quantitative estimate of drug-likeness (QED) is 0.803. The predicted molar refractivity (Wildman–Crippen MR) is 98.2 cm³/mol. The maximum absolute atomic E-state index is 12.8. The maximum atomic E-state index is 12.8. The molecular formula is C21H27N3O. The van der Waals surface area contributed by atoms with Crippen molar-refractivity contribution in [1.29, 1.82) is 0 Å². The van der Waals surface area contributed by atoms with Gasteiger partial charge in [0.05, 0.1) is 6.54 Å². The van der Waals surface area contributed by atoms with Crippen LogP contribution in [0.15, 0.2) is 30.6 Å². The van der Waals surface area contributed by atoms with Crippen molar-refractivity contribution < 1.29 is 4.79 Å². The molecular weight excluding hydrogens is 310 g/mol. The summed E-state index contributed by atoms with van der Waals surface area (Å²) in [6.07, 6.45) is 9.54. The summed E-state index contributed by atoms with van der Waals surface area (Å²) in [7, 11) is 0. The van der Waals surface area contributed by atoms with E-state index >= 15 is 0 Å². The van der Waals surface area contributed by atoms with E-state index in [1.165, 1.54) is 23.1 Å². The second-order valence-corrected chi connectivity index (χ2v) is 7.73. The Balaban J connectivity index is 1.52. The van der Waals surface area contributed by atoms with Gasteiger partial charge in [0.15, 0.2) is 0 Å². The summed E-state index contributed by atoms with van der Waals surface area (Å²) >= 11 is 0. The van der Waals surface area contributed by atoms with E-state index < -0.39 is 0 Å². The smallest absolute Gasteiger partial charge is 0.226 e. The van der Waals surface area contributed by atoms with Gasteiger partial charge in [-0.05, 0) is 50.7 Å². The maximum Gasteiger partial charge on any atom is 0.226 e. The minimum atomic E-state index is 0.267. The van der Waals surface area contributed by atoms with E-state index in [4.69, 9.17) is 0 Å². The number of rotatable bonds is 6. The summed E-state index contributed by atoms with van der Waals surface area (Å²) in [5.41, 5.74) is 3.90. The van der Waals surface area contributed by atoms with Crippen LogP contribution in [0.3, 0.4) is 0 Å². The van der Waals surface area contributed by atoms with Gasteiger partial charge < -0.3 is 9.47 Å². The first-order valence-electron chi connectivity index (χ1n) is 9.48. The molecule has 0 N–H and O–H groups in total. The van der Waals surface area contributed by atoms with Crippen LogP contribution in [0.5, 0.6) is 0 Å². The molecule has 25 heavy (non-hydrogen) atoms. The standard InChI is InChI=1S/C21H27N3O/c1-15-6-7-16(2)18(12-15)13-23-11-10-22-20(23)14-24(19-8-9-19)21(25)17-4-3-5-17/h6-7,10-12,17,19H,3-5,8-9,13-14H2,1-2H3. The topological polar surface area (TPSA) is 38.1 Å². The number of aryl methyl sites for hydroxylation is 2. The van der Waals surface area contributed by atoms with Crippen LogP contribution in [-0.4, -0.2) is 26.4 Å². The Kier molecular flexibility index (Phi) is 4.36. The van der Waals surface area contributed by atoms with Gasteiger partial charge in [0.2, 0.25) is 5.91 Å². The lowest BCUT2D eigenvalue weighted by Gasteiger charge is -2.31. The first-order chi connectivity index (χ1) is 12.1. The minimum absolute atomic E-state index is 0.267. The molecule has 1 amide bonds. The van der Waals surface area contributed by atoms with Crippen molar-refractivity contribution >= 4 is 5.91 Å². The van der Waals surface area contributed by atoms with Gasteiger partial charge in [-0.3, -0.25) is 4.79 Å². The molecule has 2 aliphatic rings. The summed E-state index contributed by atoms with van der Waals surface area (Å²) in [5.74, 6) is 1.62. The molecule has 2 aliphatic carbocycles. The van der Waals surface area contributed by atoms with E-state index in [-0.39, 0.29) is 5.92 Å². The zero-order chi connectivity index (χ0) is 17.4. The average molecular weight is 337 g/mol. The number of amides is 1. The molecule has 132 valence electrons. The number of imidazole rings is 1. The largest absolute Gasteiger partial charge is 0.332 e. The lowest BCUT2D eigenvalue weighted by Crippen LogP contribution is -2.40. The molecule has 2 fully saturated rings. The third-order valence-corrected chi connectivity index (χ3v) is 5.68. The Bertz CT molecular complexity index is 771. The monoisotopic (exact) mass is 337 g/mol. The number of hydrogen-bond acceptors (Lipinski definition) is 2. The minimum Gasteiger partial charge on any atom is -0.332 e. The van der Waals surface area contributed by atoms with Crippen molar-refractivity contribution in [3.05, 3.63) is 53.1 Å². The number of hydrogen-bond donors (Lipinski definition) is 0. The van der Waals surface area contributed by atoms with E-state index in [2.05, 4.69) is 46.5 Å². The number of aromatic nitrogens is 2. The molecule has 1 heterocycles. The summed E-state index contributed by atoms with van der Waals surface area (Å²) in [5, 5.41) is 0. The molecule has 0 unspecified atom stereocenters. The van der Waals surface area contributed by atoms with E-state index in [0.717, 1.165) is 38.1 Å². The van der Waals surface area contributed by atoms with Crippen LogP contribution >= 0.6 is 0 Å². The molecule has 4 heteroatoms. The zero-order valence-electron chi connectivity index (χ0n) is 15.2. The van der Waals surface area contributed by atoms with Crippen LogP contribution in [0.2, 0.25) is 0 Å². The first-order valence-corrected chi connectivity index (χ1v) is 9.48. The molecule has 1 aromatic heterocycles. The third kappa shape index (κ3) is 3.48. The van der Waals surface area contributed by atoms with E-state index in [1.807, 2.05) is 12.4 Å². The lowest BCUT2D eigenvalue weighted by molar-refractivity contribution is -0.139. The van der Waals surface area contributed by atoms with Crippen LogP contribution in [0.1, 0.15) is 54.6 Å². The van der Waals surface area contributed by atoms with Crippen molar-refractivity contribution in [2.24, 2.45) is 5.92 Å². The Morgan fingerprint density at radius 3 is 2.72 bits per heavy atom. The van der Waals surface area contributed by atoms with Crippen LogP contribution < -0.4 is 0 Å². The highest BCUT2D eigenvalue weighted by Gasteiger charge is 2.38. The van der Waals surface area contributed by atoms with Gasteiger partial charge >= 0.3 is 0 Å². The van der Waals surface area contributed by atoms with Gasteiger partial charge in [0, 0.05) is 30.9 Å². The van der Waals surface area contributed by atoms with Crippen molar-refractivity contribution in [1.82, 2.24) is 14.5 Å². The van der Waals surface area contributed by atoms with E-state index in [1.54, 1.807) is 0 Å². The highest BCUT2D eigenvalue weighted by atomic mass is 16.2. The van der Waals surface area contributed by atoms with Gasteiger partial charge in [-0.15, -0.1) is 0 Å². The summed E-state index contributed by atoms with van der Waals surface area (Å²) in [6.45, 7) is 5.75. The second-order valence-electron chi connectivity index (χ2n) is 7.73. The SMILES string of the molecule is Cc1ccc(C)c(Cn2ccnc2CN(C(=O)C2CCC2)C2CC2)c1. The molecule has 0 atom stereocenters. The molecule has 0 aliphatic heterocycles. The summed E-state index contributed by atoms with van der Waals surface area (Å²) in [4.78, 5) is 19.5. The normalized spacial score (nSPS) is 17.4. The molecule has 2 aromatic rings. The predicted octanol–water partition coefficient (Wildman–Crippen LogP) is 3.84. The van der Waals surface area contributed by atoms with Crippen molar-refractivity contribution in [2.75, 3.05) is 0 Å². The van der Waals surface area contributed by atoms with Crippen LogP contribution in [0.25, 0.3) is 0 Å². The van der Waals surface area contributed by atoms with Crippen LogP contribution in [0.4, 0.5) is 0 Å². The van der Waals surface area contributed by atoms with Crippen LogP contribution in [0, 0.1) is 19.8 Å². The number of carbonyl (C=O) groups is 1. The molecule has 2 saturated carbocycles. The molecule has 1 aromatic carbocycles. The fraction of sp³-hybridized carbons (Fsp3) is 0.524. The van der Waals surface area contributed by atoms with Crippen molar-refractivity contribution in [3.63, 3.8) is 0 Å². The number of benzene rings is 1. The average Bonchev–Trinajstić information content (AvgIpc) is 3.28. The molecule has 4 nitrogen and oxygen atoms in total. The molecule has 0 saturated heterocycles. The van der Waals surface area contributed by atoms with Gasteiger partial charge in [0.1, 0.15) is 5.82 Å². The second kappa shape index (κ2) is 6.66. The Hall–Kier alpha value is -2.10. The number of carbonyl (C=O) groups excluding carboxylic acids is 1. The van der Waals surface area contributed by atoms with Crippen molar-refractivity contribution in [2.45, 2.75) is 65.1 Å². The fourth-order valence-electron chi connectivity index (χ4n) is 3.61. The molecule has 0 bridgehead atoms. The lowest BCUT2D eigenvalue weighted by atomic mass is 9.84. The molecule has 0 spiro atoms. The van der Waals surface area contributed by atoms with Crippen molar-refractivity contribution in [3.8, 4) is 0 Å². The van der Waals surface area contributed by atoms with Crippen LogP contribution in [-0.2, 0) is 17.9 Å². The van der Waals surface area contributed by atoms with E-state index in [0.29, 0.717) is 18.5 Å². The van der Waals surface area contributed by atoms with Gasteiger partial charge in [-0.2, -0.15) is 0 Å². The molecule has 0 radical (unpaired) electrons. The molecule has 4 rings (SSSR count). The Morgan fingerprint density at radius 1 is 1.24 bits per heavy atom. The Morgan fingerprint density at radius 2 is 2.04 bits per heavy atom. The van der Waals surface area contributed by atoms with Gasteiger partial charge in [-0.1, -0.05) is 30.2 Å². The van der Waals surface area contributed by atoms with Gasteiger partial charge in [-0.25, -0.2) is 4.98 Å². The number of nitrogens with zero attached hydrogens (tertiary/aromatic N) is 3. The fourth-order valence-corrected chi connectivity index (χ4v) is 3.61. The summed E-state index contributed by atoms with van der Waals surface area (Å²) < 4.78 is 2.20. The third-order valence-electron chi connectivity index (χ3n) is 5.68. The first kappa shape index (κ1) is 16.4. The zero-order valence-corrected chi connectivity index (χ0v) is 15.2. The summed E-state index contributed by atoms with van der Waals surface area (Å²) in [6, 6.07) is 7.02. The highest BCUT2D eigenvalue weighted by Crippen LogP contribution is 2.34. The Labute approximate surface area is 149 Å². The van der Waals surface area contributed by atoms with E-state index in [9.17, 15) is 4.79 Å².